The summed E-state index contributed by atoms with van der Waals surface area (Å²) in [4.78, 5) is 4.28. The summed E-state index contributed by atoms with van der Waals surface area (Å²) in [5.74, 6) is 0. The normalized spacial score (nSPS) is 15.1. The molecule has 1 aromatic heterocycles. The van der Waals surface area contributed by atoms with E-state index in [0.29, 0.717) is 0 Å². The van der Waals surface area contributed by atoms with Gasteiger partial charge in [0.1, 0.15) is 0 Å². The molecule has 0 fully saturated rings. The zero-order valence-electron chi connectivity index (χ0n) is 8.74. The number of hydrogen-bond donors (Lipinski definition) is 1. The van der Waals surface area contributed by atoms with Crippen LogP contribution in [0.15, 0.2) is 5.38 Å². The summed E-state index contributed by atoms with van der Waals surface area (Å²) in [6, 6.07) is 0. The Balaban J connectivity index is 2.25. The van der Waals surface area contributed by atoms with Crippen molar-refractivity contribution in [1.29, 1.82) is 0 Å². The van der Waals surface area contributed by atoms with Crippen molar-refractivity contribution in [2.75, 3.05) is 18.1 Å². The van der Waals surface area contributed by atoms with Crippen LogP contribution in [0.3, 0.4) is 0 Å². The number of aryl methyl sites for hydroxylation is 1. The van der Waals surface area contributed by atoms with Gasteiger partial charge in [0.05, 0.1) is 5.69 Å². The third-order valence-electron chi connectivity index (χ3n) is 2.01. The molecule has 14 heavy (non-hydrogen) atoms. The summed E-state index contributed by atoms with van der Waals surface area (Å²) < 4.78 is 11.1. The molecule has 1 heterocycles. The number of anilines is 1. The van der Waals surface area contributed by atoms with Gasteiger partial charge in [-0.3, -0.25) is 4.21 Å². The van der Waals surface area contributed by atoms with Crippen LogP contribution in [0.25, 0.3) is 0 Å². The second-order valence-electron chi connectivity index (χ2n) is 3.32. The standard InChI is InChI=1S/C9H16N2OS2/c1-7-6-13-9(11-7)10-5-4-8(2)14(3)12/h6,8H,4-5H2,1-3H3,(H,10,11). The Hall–Kier alpha value is -0.420. The van der Waals surface area contributed by atoms with Crippen molar-refractivity contribution in [3.05, 3.63) is 11.1 Å². The molecule has 1 N–H and O–H groups in total. The highest BCUT2D eigenvalue weighted by molar-refractivity contribution is 7.84. The van der Waals surface area contributed by atoms with Gasteiger partial charge in [-0.15, -0.1) is 11.3 Å². The summed E-state index contributed by atoms with van der Waals surface area (Å²) in [5, 5.41) is 6.45. The summed E-state index contributed by atoms with van der Waals surface area (Å²) in [6.45, 7) is 4.82. The highest BCUT2D eigenvalue weighted by Crippen LogP contribution is 2.14. The van der Waals surface area contributed by atoms with Crippen molar-refractivity contribution in [3.8, 4) is 0 Å². The van der Waals surface area contributed by atoms with Gasteiger partial charge in [-0.05, 0) is 13.3 Å². The van der Waals surface area contributed by atoms with Crippen LogP contribution in [-0.2, 0) is 10.8 Å². The molecule has 0 aromatic carbocycles. The van der Waals surface area contributed by atoms with Crippen molar-refractivity contribution in [2.45, 2.75) is 25.5 Å². The minimum Gasteiger partial charge on any atom is -0.361 e. The Labute approximate surface area is 91.4 Å². The van der Waals surface area contributed by atoms with Crippen LogP contribution in [0.4, 0.5) is 5.13 Å². The Kier molecular flexibility index (Phi) is 4.54. The van der Waals surface area contributed by atoms with E-state index in [1.807, 2.05) is 19.2 Å². The topological polar surface area (TPSA) is 42.0 Å². The minimum absolute atomic E-state index is 0.253. The quantitative estimate of drug-likeness (QED) is 0.844. The first-order valence-corrected chi connectivity index (χ1v) is 7.08. The first-order chi connectivity index (χ1) is 6.59. The van der Waals surface area contributed by atoms with E-state index < -0.39 is 10.8 Å². The molecule has 0 aliphatic heterocycles. The third kappa shape index (κ3) is 3.75. The molecule has 0 saturated carbocycles. The van der Waals surface area contributed by atoms with Gasteiger partial charge in [-0.1, -0.05) is 6.92 Å². The Morgan fingerprint density at radius 3 is 2.93 bits per heavy atom. The lowest BCUT2D eigenvalue weighted by Crippen LogP contribution is -2.14. The monoisotopic (exact) mass is 232 g/mol. The number of hydrogen-bond acceptors (Lipinski definition) is 4. The van der Waals surface area contributed by atoms with E-state index in [1.165, 1.54) is 0 Å². The summed E-state index contributed by atoms with van der Waals surface area (Å²) >= 11 is 1.61. The summed E-state index contributed by atoms with van der Waals surface area (Å²) in [6.07, 6.45) is 2.67. The Bertz CT molecular complexity index is 312. The number of thiazole rings is 1. The maximum atomic E-state index is 11.1. The van der Waals surface area contributed by atoms with Crippen LogP contribution in [0.2, 0.25) is 0 Å². The Morgan fingerprint density at radius 2 is 2.43 bits per heavy atom. The van der Waals surface area contributed by atoms with Crippen LogP contribution in [0.5, 0.6) is 0 Å². The number of nitrogens with one attached hydrogen (secondary N) is 1. The second-order valence-corrected chi connectivity index (χ2v) is 5.98. The van der Waals surface area contributed by atoms with Crippen molar-refractivity contribution < 1.29 is 4.21 Å². The van der Waals surface area contributed by atoms with Gasteiger partial charge in [0.25, 0.3) is 0 Å². The number of aromatic nitrogens is 1. The summed E-state index contributed by atoms with van der Waals surface area (Å²) in [5.41, 5.74) is 1.05. The van der Waals surface area contributed by atoms with Gasteiger partial charge in [-0.25, -0.2) is 4.98 Å². The molecule has 1 rings (SSSR count). The molecule has 2 atom stereocenters. The molecule has 1 aromatic rings. The molecule has 80 valence electrons. The molecular formula is C9H16N2OS2. The molecule has 0 aliphatic rings. The predicted molar refractivity (Wildman–Crippen MR) is 63.5 cm³/mol. The fraction of sp³-hybridized carbons (Fsp3) is 0.667. The first-order valence-electron chi connectivity index (χ1n) is 4.58. The maximum Gasteiger partial charge on any atom is 0.182 e. The average molecular weight is 232 g/mol. The van der Waals surface area contributed by atoms with Crippen molar-refractivity contribution in [2.24, 2.45) is 0 Å². The zero-order chi connectivity index (χ0) is 10.6. The Morgan fingerprint density at radius 1 is 1.71 bits per heavy atom. The molecule has 2 unspecified atom stereocenters. The van der Waals surface area contributed by atoms with E-state index >= 15 is 0 Å². The largest absolute Gasteiger partial charge is 0.361 e. The van der Waals surface area contributed by atoms with Gasteiger partial charge in [0, 0.05) is 34.2 Å². The fourth-order valence-electron chi connectivity index (χ4n) is 0.983. The van der Waals surface area contributed by atoms with E-state index in [9.17, 15) is 4.21 Å². The second kappa shape index (κ2) is 5.46. The predicted octanol–water partition coefficient (Wildman–Crippen LogP) is 2.02. The SMILES string of the molecule is Cc1csc(NCCC(C)S(C)=O)n1. The smallest absolute Gasteiger partial charge is 0.182 e. The highest BCUT2D eigenvalue weighted by atomic mass is 32.2. The van der Waals surface area contributed by atoms with E-state index in [0.717, 1.165) is 23.8 Å². The van der Waals surface area contributed by atoms with Gasteiger partial charge in [0.15, 0.2) is 5.13 Å². The molecule has 0 spiro atoms. The summed E-state index contributed by atoms with van der Waals surface area (Å²) in [7, 11) is -0.720. The van der Waals surface area contributed by atoms with Gasteiger partial charge in [0.2, 0.25) is 0 Å². The third-order valence-corrected chi connectivity index (χ3v) is 4.30. The molecule has 5 heteroatoms. The van der Waals surface area contributed by atoms with Crippen LogP contribution < -0.4 is 5.32 Å². The van der Waals surface area contributed by atoms with Crippen LogP contribution in [0, 0.1) is 6.92 Å². The van der Waals surface area contributed by atoms with Crippen molar-refractivity contribution in [1.82, 2.24) is 4.98 Å². The van der Waals surface area contributed by atoms with Crippen LogP contribution in [0.1, 0.15) is 19.0 Å². The number of nitrogens with zero attached hydrogens (tertiary/aromatic N) is 1. The fourth-order valence-corrected chi connectivity index (χ4v) is 2.15. The minimum atomic E-state index is -0.720. The van der Waals surface area contributed by atoms with Crippen LogP contribution >= 0.6 is 11.3 Å². The average Bonchev–Trinajstić information content (AvgIpc) is 2.51. The lowest BCUT2D eigenvalue weighted by molar-refractivity contribution is 0.672. The molecule has 0 saturated heterocycles. The zero-order valence-corrected chi connectivity index (χ0v) is 10.4. The first kappa shape index (κ1) is 11.7. The van der Waals surface area contributed by atoms with Crippen molar-refractivity contribution >= 4 is 27.3 Å². The molecule has 0 aliphatic carbocycles. The van der Waals surface area contributed by atoms with E-state index in [2.05, 4.69) is 10.3 Å². The maximum absolute atomic E-state index is 11.1. The van der Waals surface area contributed by atoms with Gasteiger partial charge < -0.3 is 5.32 Å². The molecule has 0 radical (unpaired) electrons. The lowest BCUT2D eigenvalue weighted by atomic mass is 10.3. The van der Waals surface area contributed by atoms with Crippen LogP contribution in [-0.4, -0.2) is 27.2 Å². The molecule has 3 nitrogen and oxygen atoms in total. The van der Waals surface area contributed by atoms with Crippen molar-refractivity contribution in [3.63, 3.8) is 0 Å². The number of rotatable bonds is 5. The van der Waals surface area contributed by atoms with E-state index in [1.54, 1.807) is 17.6 Å². The molecule has 0 amide bonds. The van der Waals surface area contributed by atoms with E-state index in [-0.39, 0.29) is 5.25 Å². The molecule has 0 bridgehead atoms. The van der Waals surface area contributed by atoms with Gasteiger partial charge in [-0.2, -0.15) is 0 Å². The molecular weight excluding hydrogens is 216 g/mol. The van der Waals surface area contributed by atoms with Gasteiger partial charge >= 0.3 is 0 Å². The lowest BCUT2D eigenvalue weighted by Gasteiger charge is -2.07. The highest BCUT2D eigenvalue weighted by Gasteiger charge is 2.05. The van der Waals surface area contributed by atoms with E-state index in [4.69, 9.17) is 0 Å².